The highest BCUT2D eigenvalue weighted by Crippen LogP contribution is 2.17. The molecule has 6 heteroatoms. The number of hydrogen-bond donors (Lipinski definition) is 3. The van der Waals surface area contributed by atoms with Crippen LogP contribution in [-0.2, 0) is 4.79 Å². The largest absolute Gasteiger partial charge is 0.489 e. The Labute approximate surface area is 110 Å². The first-order valence-corrected chi connectivity index (χ1v) is 5.57. The highest BCUT2D eigenvalue weighted by Gasteiger charge is 2.21. The van der Waals surface area contributed by atoms with Crippen LogP contribution in [0.4, 0.5) is 0 Å². The number of amides is 1. The van der Waals surface area contributed by atoms with Gasteiger partial charge >= 0.3 is 5.97 Å². The molecular formula is C13H15NO5. The van der Waals surface area contributed by atoms with Gasteiger partial charge in [-0.15, -0.1) is 0 Å². The van der Waals surface area contributed by atoms with Crippen molar-refractivity contribution in [3.05, 3.63) is 42.5 Å². The van der Waals surface area contributed by atoms with Crippen LogP contribution >= 0.6 is 0 Å². The molecule has 1 aromatic carbocycles. The zero-order valence-electron chi connectivity index (χ0n) is 10.2. The molecule has 0 fully saturated rings. The lowest BCUT2D eigenvalue weighted by Crippen LogP contribution is -2.43. The molecule has 6 nitrogen and oxygen atoms in total. The molecule has 1 amide bonds. The fraction of sp³-hybridized carbons (Fsp3) is 0.231. The summed E-state index contributed by atoms with van der Waals surface area (Å²) in [6.07, 6.45) is 1.53. The highest BCUT2D eigenvalue weighted by atomic mass is 16.5. The van der Waals surface area contributed by atoms with E-state index in [4.69, 9.17) is 14.9 Å². The summed E-state index contributed by atoms with van der Waals surface area (Å²) in [7, 11) is 0. The molecule has 0 spiro atoms. The minimum atomic E-state index is -1.35. The van der Waals surface area contributed by atoms with Gasteiger partial charge in [-0.3, -0.25) is 4.79 Å². The predicted molar refractivity (Wildman–Crippen MR) is 68.1 cm³/mol. The summed E-state index contributed by atoms with van der Waals surface area (Å²) < 4.78 is 5.29. The SMILES string of the molecule is C=CCOc1ccccc1C(=O)N[C@@H](CO)C(=O)O. The van der Waals surface area contributed by atoms with Crippen LogP contribution in [0.2, 0.25) is 0 Å². The molecule has 0 heterocycles. The Bertz CT molecular complexity index is 472. The van der Waals surface area contributed by atoms with E-state index in [-0.39, 0.29) is 12.2 Å². The smallest absolute Gasteiger partial charge is 0.328 e. The number of carbonyl (C=O) groups is 2. The monoisotopic (exact) mass is 265 g/mol. The molecule has 1 aromatic rings. The minimum Gasteiger partial charge on any atom is -0.489 e. The van der Waals surface area contributed by atoms with Crippen molar-refractivity contribution in [1.82, 2.24) is 5.32 Å². The lowest BCUT2D eigenvalue weighted by molar-refractivity contribution is -0.140. The van der Waals surface area contributed by atoms with Gasteiger partial charge in [0.15, 0.2) is 6.04 Å². The topological polar surface area (TPSA) is 95.9 Å². The average molecular weight is 265 g/mol. The fourth-order valence-corrected chi connectivity index (χ4v) is 1.35. The quantitative estimate of drug-likeness (QED) is 0.621. The van der Waals surface area contributed by atoms with Gasteiger partial charge in [0, 0.05) is 0 Å². The number of carboxylic acid groups (broad SMARTS) is 1. The number of aliphatic hydroxyl groups excluding tert-OH is 1. The van der Waals surface area contributed by atoms with E-state index in [1.807, 2.05) is 0 Å². The van der Waals surface area contributed by atoms with Gasteiger partial charge in [0.1, 0.15) is 12.4 Å². The summed E-state index contributed by atoms with van der Waals surface area (Å²) in [6.45, 7) is 3.04. The van der Waals surface area contributed by atoms with Gasteiger partial charge in [0.2, 0.25) is 0 Å². The molecular weight excluding hydrogens is 250 g/mol. The van der Waals surface area contributed by atoms with E-state index < -0.39 is 24.5 Å². The molecule has 0 bridgehead atoms. The number of hydrogen-bond acceptors (Lipinski definition) is 4. The summed E-state index contributed by atoms with van der Waals surface area (Å²) >= 11 is 0. The molecule has 3 N–H and O–H groups in total. The molecule has 1 rings (SSSR count). The zero-order chi connectivity index (χ0) is 14.3. The van der Waals surface area contributed by atoms with E-state index in [0.717, 1.165) is 0 Å². The lowest BCUT2D eigenvalue weighted by atomic mass is 10.1. The van der Waals surface area contributed by atoms with Crippen molar-refractivity contribution in [1.29, 1.82) is 0 Å². The Morgan fingerprint density at radius 2 is 2.11 bits per heavy atom. The number of benzene rings is 1. The molecule has 0 aromatic heterocycles. The Morgan fingerprint density at radius 1 is 1.42 bits per heavy atom. The van der Waals surface area contributed by atoms with E-state index >= 15 is 0 Å². The second-order valence-corrected chi connectivity index (χ2v) is 3.64. The van der Waals surface area contributed by atoms with Gasteiger partial charge in [-0.25, -0.2) is 4.79 Å². The number of carboxylic acids is 1. The van der Waals surface area contributed by atoms with Gasteiger partial charge in [-0.1, -0.05) is 24.8 Å². The summed E-state index contributed by atoms with van der Waals surface area (Å²) in [6, 6.07) is 5.07. The third kappa shape index (κ3) is 4.11. The first-order chi connectivity index (χ1) is 9.10. The van der Waals surface area contributed by atoms with E-state index in [1.165, 1.54) is 12.1 Å². The molecule has 0 unspecified atom stereocenters. The molecule has 0 aliphatic heterocycles. The molecule has 0 aliphatic carbocycles. The van der Waals surface area contributed by atoms with Crippen LogP contribution in [0.3, 0.4) is 0 Å². The van der Waals surface area contributed by atoms with Crippen molar-refractivity contribution >= 4 is 11.9 Å². The number of para-hydroxylation sites is 1. The predicted octanol–water partition coefficient (Wildman–Crippen LogP) is 0.427. The number of aliphatic hydroxyl groups is 1. The van der Waals surface area contributed by atoms with Crippen LogP contribution in [0.25, 0.3) is 0 Å². The van der Waals surface area contributed by atoms with Gasteiger partial charge in [0.05, 0.1) is 12.2 Å². The number of nitrogens with one attached hydrogen (secondary N) is 1. The first-order valence-electron chi connectivity index (χ1n) is 5.57. The van der Waals surface area contributed by atoms with Gasteiger partial charge in [0.25, 0.3) is 5.91 Å². The molecule has 0 radical (unpaired) electrons. The second kappa shape index (κ2) is 7.17. The molecule has 19 heavy (non-hydrogen) atoms. The van der Waals surface area contributed by atoms with Crippen LogP contribution in [0.15, 0.2) is 36.9 Å². The summed E-state index contributed by atoms with van der Waals surface area (Å²) in [5.74, 6) is -1.61. The summed E-state index contributed by atoms with van der Waals surface area (Å²) in [5, 5.41) is 19.8. The third-order valence-electron chi connectivity index (χ3n) is 2.27. The Balaban J connectivity index is 2.86. The van der Waals surface area contributed by atoms with Crippen LogP contribution < -0.4 is 10.1 Å². The number of rotatable bonds is 7. The van der Waals surface area contributed by atoms with Gasteiger partial charge in [-0.2, -0.15) is 0 Å². The molecule has 1 atom stereocenters. The molecule has 0 saturated heterocycles. The average Bonchev–Trinajstić information content (AvgIpc) is 2.42. The molecule has 102 valence electrons. The van der Waals surface area contributed by atoms with Crippen LogP contribution in [0, 0.1) is 0 Å². The normalized spacial score (nSPS) is 11.4. The van der Waals surface area contributed by atoms with E-state index in [1.54, 1.807) is 18.2 Å². The Hall–Kier alpha value is -2.34. The van der Waals surface area contributed by atoms with Crippen LogP contribution in [0.1, 0.15) is 10.4 Å². The Kier molecular flexibility index (Phi) is 5.56. The van der Waals surface area contributed by atoms with Crippen molar-refractivity contribution in [3.63, 3.8) is 0 Å². The molecule has 0 aliphatic rings. The van der Waals surface area contributed by atoms with Gasteiger partial charge in [-0.05, 0) is 12.1 Å². The zero-order valence-corrected chi connectivity index (χ0v) is 10.2. The number of ether oxygens (including phenoxy) is 1. The maximum atomic E-state index is 11.9. The van der Waals surface area contributed by atoms with E-state index in [2.05, 4.69) is 11.9 Å². The van der Waals surface area contributed by atoms with Crippen molar-refractivity contribution < 1.29 is 24.5 Å². The first kappa shape index (κ1) is 14.7. The standard InChI is InChI=1S/C13H15NO5/c1-2-7-19-11-6-4-3-5-9(11)12(16)14-10(8-15)13(17)18/h2-6,10,15H,1,7-8H2,(H,14,16)(H,17,18)/t10-/m0/s1. The van der Waals surface area contributed by atoms with E-state index in [0.29, 0.717) is 5.75 Å². The maximum Gasteiger partial charge on any atom is 0.328 e. The van der Waals surface area contributed by atoms with Crippen molar-refractivity contribution in [3.8, 4) is 5.75 Å². The van der Waals surface area contributed by atoms with Crippen LogP contribution in [-0.4, -0.2) is 41.3 Å². The Morgan fingerprint density at radius 3 is 2.68 bits per heavy atom. The highest BCUT2D eigenvalue weighted by molar-refractivity contribution is 5.98. The van der Waals surface area contributed by atoms with Crippen molar-refractivity contribution in [2.75, 3.05) is 13.2 Å². The number of carbonyl (C=O) groups excluding carboxylic acids is 1. The van der Waals surface area contributed by atoms with Crippen molar-refractivity contribution in [2.45, 2.75) is 6.04 Å². The maximum absolute atomic E-state index is 11.9. The van der Waals surface area contributed by atoms with Crippen molar-refractivity contribution in [2.24, 2.45) is 0 Å². The summed E-state index contributed by atoms with van der Waals surface area (Å²) in [4.78, 5) is 22.6. The number of aliphatic carboxylic acids is 1. The second-order valence-electron chi connectivity index (χ2n) is 3.64. The van der Waals surface area contributed by atoms with Gasteiger partial charge < -0.3 is 20.3 Å². The minimum absolute atomic E-state index is 0.198. The molecule has 0 saturated carbocycles. The fourth-order valence-electron chi connectivity index (χ4n) is 1.35. The summed E-state index contributed by atoms with van der Waals surface area (Å²) in [5.41, 5.74) is 0.198. The van der Waals surface area contributed by atoms with E-state index in [9.17, 15) is 9.59 Å². The lowest BCUT2D eigenvalue weighted by Gasteiger charge is -2.14. The third-order valence-corrected chi connectivity index (χ3v) is 2.27. The van der Waals surface area contributed by atoms with Crippen LogP contribution in [0.5, 0.6) is 5.75 Å².